The lowest BCUT2D eigenvalue weighted by Gasteiger charge is -2.25. The number of likely N-dealkylation sites (N-methyl/N-ethyl adjacent to an activating group) is 1. The van der Waals surface area contributed by atoms with Crippen LogP contribution in [0.3, 0.4) is 0 Å². The highest BCUT2D eigenvalue weighted by Gasteiger charge is 2.27. The SMILES string of the molecule is CC/C=C\C/C=C\C/C=C\C/C=C\C/C=C\C/C=C\C/C=C\C/C=C\CCCCCCCCCCCCC(=O)NC(COP(=O)(O)OCC[N+](C)(C)C)C(O)/C=C/CC/C=C/CCCCCCCC. The number of phosphoric ester groups is 1. The van der Waals surface area contributed by atoms with Crippen molar-refractivity contribution < 1.29 is 32.9 Å². The summed E-state index contributed by atoms with van der Waals surface area (Å²) in [4.78, 5) is 23.2. The van der Waals surface area contributed by atoms with Crippen LogP contribution in [0.2, 0.25) is 0 Å². The highest BCUT2D eigenvalue weighted by molar-refractivity contribution is 7.47. The molecule has 0 aromatic rings. The molecule has 0 aliphatic rings. The Hall–Kier alpha value is -3.10. The first-order valence-electron chi connectivity index (χ1n) is 27.4. The monoisotopic (exact) mass is 980 g/mol. The van der Waals surface area contributed by atoms with Crippen LogP contribution in [0, 0.1) is 0 Å². The van der Waals surface area contributed by atoms with Gasteiger partial charge in [-0.15, -0.1) is 0 Å². The third-order valence-corrected chi connectivity index (χ3v) is 12.4. The molecule has 8 nitrogen and oxygen atoms in total. The number of hydrogen-bond donors (Lipinski definition) is 3. The lowest BCUT2D eigenvalue weighted by atomic mass is 10.0. The highest BCUT2D eigenvalue weighted by atomic mass is 31.2. The molecule has 0 aromatic heterocycles. The molecule has 0 aliphatic carbocycles. The summed E-state index contributed by atoms with van der Waals surface area (Å²) in [6, 6.07) is -0.872. The summed E-state index contributed by atoms with van der Waals surface area (Å²) in [5.74, 6) is -0.199. The quantitative estimate of drug-likeness (QED) is 0.0243. The van der Waals surface area contributed by atoms with Gasteiger partial charge in [0.15, 0.2) is 0 Å². The van der Waals surface area contributed by atoms with Gasteiger partial charge in [0.25, 0.3) is 0 Å². The van der Waals surface area contributed by atoms with Crippen LogP contribution in [-0.4, -0.2) is 73.4 Å². The van der Waals surface area contributed by atoms with E-state index in [-0.39, 0.29) is 19.1 Å². The third kappa shape index (κ3) is 52.6. The average molecular weight is 980 g/mol. The number of amides is 1. The summed E-state index contributed by atoms with van der Waals surface area (Å²) in [5.41, 5.74) is 0. The van der Waals surface area contributed by atoms with Gasteiger partial charge in [-0.05, 0) is 96.3 Å². The van der Waals surface area contributed by atoms with E-state index in [0.29, 0.717) is 17.4 Å². The maximum absolute atomic E-state index is 12.9. The van der Waals surface area contributed by atoms with E-state index in [1.165, 1.54) is 83.5 Å². The fourth-order valence-corrected chi connectivity index (χ4v) is 7.87. The van der Waals surface area contributed by atoms with Crippen molar-refractivity contribution in [3.63, 3.8) is 0 Å². The molecular weight excluding hydrogens is 876 g/mol. The molecule has 9 heteroatoms. The summed E-state index contributed by atoms with van der Waals surface area (Å²) in [5, 5.41) is 13.8. The number of carbonyl (C=O) groups excluding carboxylic acids is 1. The molecule has 3 atom stereocenters. The van der Waals surface area contributed by atoms with Crippen LogP contribution in [-0.2, 0) is 18.4 Å². The van der Waals surface area contributed by atoms with Gasteiger partial charge in [-0.2, -0.15) is 0 Å². The zero-order valence-corrected chi connectivity index (χ0v) is 45.6. The Bertz CT molecular complexity index is 1530. The van der Waals surface area contributed by atoms with E-state index >= 15 is 0 Å². The Morgan fingerprint density at radius 1 is 0.507 bits per heavy atom. The molecule has 0 spiro atoms. The number of aliphatic hydroxyl groups excluding tert-OH is 1. The van der Waals surface area contributed by atoms with Gasteiger partial charge in [-0.25, -0.2) is 4.57 Å². The Kier molecular flexibility index (Phi) is 47.6. The number of carbonyl (C=O) groups is 1. The zero-order valence-electron chi connectivity index (χ0n) is 44.8. The van der Waals surface area contributed by atoms with Gasteiger partial charge >= 0.3 is 7.82 Å². The number of phosphoric acid groups is 1. The Labute approximate surface area is 424 Å². The molecule has 0 aliphatic heterocycles. The Morgan fingerprint density at radius 2 is 0.884 bits per heavy atom. The second kappa shape index (κ2) is 49.9. The van der Waals surface area contributed by atoms with Crippen molar-refractivity contribution in [2.45, 2.75) is 212 Å². The van der Waals surface area contributed by atoms with Gasteiger partial charge in [0.1, 0.15) is 13.2 Å². The van der Waals surface area contributed by atoms with Gasteiger partial charge in [0.2, 0.25) is 5.91 Å². The first-order chi connectivity index (χ1) is 33.5. The molecule has 1 amide bonds. The van der Waals surface area contributed by atoms with Crippen molar-refractivity contribution in [3.05, 3.63) is 122 Å². The summed E-state index contributed by atoms with van der Waals surface area (Å²) in [6.07, 6.45) is 74.4. The van der Waals surface area contributed by atoms with Crippen LogP contribution in [0.1, 0.15) is 200 Å². The van der Waals surface area contributed by atoms with Crippen LogP contribution < -0.4 is 5.32 Å². The fourth-order valence-electron chi connectivity index (χ4n) is 7.13. The number of allylic oxidation sites excluding steroid dienone is 19. The molecule has 0 rings (SSSR count). The maximum atomic E-state index is 12.9. The summed E-state index contributed by atoms with van der Waals surface area (Å²) >= 11 is 0. The van der Waals surface area contributed by atoms with Crippen molar-refractivity contribution in [2.24, 2.45) is 0 Å². The molecule has 0 saturated heterocycles. The van der Waals surface area contributed by atoms with E-state index in [2.05, 4.69) is 129 Å². The van der Waals surface area contributed by atoms with Crippen LogP contribution in [0.15, 0.2) is 122 Å². The second-order valence-electron chi connectivity index (χ2n) is 19.2. The van der Waals surface area contributed by atoms with Gasteiger partial charge in [-0.3, -0.25) is 13.8 Å². The van der Waals surface area contributed by atoms with Gasteiger partial charge in [0, 0.05) is 6.42 Å². The van der Waals surface area contributed by atoms with E-state index in [1.807, 2.05) is 27.2 Å². The summed E-state index contributed by atoms with van der Waals surface area (Å²) in [7, 11) is 1.53. The number of aliphatic hydroxyl groups is 1. The lowest BCUT2D eigenvalue weighted by molar-refractivity contribution is -0.870. The average Bonchev–Trinajstić information content (AvgIpc) is 3.31. The normalized spacial score (nSPS) is 14.9. The molecule has 0 bridgehead atoms. The van der Waals surface area contributed by atoms with Crippen LogP contribution >= 0.6 is 7.82 Å². The molecule has 69 heavy (non-hydrogen) atoms. The number of nitrogens with zero attached hydrogens (tertiary/aromatic N) is 1. The van der Waals surface area contributed by atoms with E-state index in [9.17, 15) is 19.4 Å². The minimum absolute atomic E-state index is 0.0493. The molecule has 0 fully saturated rings. The van der Waals surface area contributed by atoms with E-state index in [4.69, 9.17) is 9.05 Å². The fraction of sp³-hybridized carbons (Fsp3) is 0.650. The van der Waals surface area contributed by atoms with Crippen LogP contribution in [0.25, 0.3) is 0 Å². The predicted molar refractivity (Wildman–Crippen MR) is 299 cm³/mol. The van der Waals surface area contributed by atoms with Gasteiger partial charge in [0.05, 0.1) is 39.9 Å². The number of nitrogens with one attached hydrogen (secondary N) is 1. The molecule has 0 aromatic carbocycles. The first kappa shape index (κ1) is 65.9. The topological polar surface area (TPSA) is 105 Å². The Balaban J connectivity index is 4.15. The predicted octanol–water partition coefficient (Wildman–Crippen LogP) is 16.6. The van der Waals surface area contributed by atoms with E-state index in [0.717, 1.165) is 96.3 Å². The van der Waals surface area contributed by atoms with Gasteiger partial charge in [-0.1, -0.05) is 219 Å². The number of quaternary nitrogens is 1. The summed E-state index contributed by atoms with van der Waals surface area (Å²) < 4.78 is 23.6. The molecule has 0 saturated carbocycles. The molecule has 0 radical (unpaired) electrons. The van der Waals surface area contributed by atoms with Crippen LogP contribution in [0.4, 0.5) is 0 Å². The van der Waals surface area contributed by atoms with E-state index < -0.39 is 20.0 Å². The standard InChI is InChI=1S/C60H103N2O6P/c1-6-8-10-12-14-16-18-20-21-22-23-24-25-26-27-28-29-30-31-32-33-34-35-36-37-38-39-40-41-42-44-46-48-50-52-54-60(64)61-58(57-68-69(65,66)67-56-55-62(3,4)5)59(63)53-51-49-47-45-43-19-17-15-13-11-9-7-2/h8,10,14,16,20-21,23-24,26-27,29-30,32-33,35-36,43,45,51,53,58-59,63H,6-7,9,11-13,15,17-19,22,25,28,31,34,37-42,44,46-50,52,54-57H2,1-5H3,(H-,61,64,65,66)/p+1/b10-8-,16-14-,21-20-,24-23-,27-26-,30-29-,33-32-,36-35-,45-43+,53-51+. The molecule has 0 heterocycles. The van der Waals surface area contributed by atoms with Crippen molar-refractivity contribution in [1.29, 1.82) is 0 Å². The molecule has 3 unspecified atom stereocenters. The third-order valence-electron chi connectivity index (χ3n) is 11.4. The lowest BCUT2D eigenvalue weighted by Crippen LogP contribution is -2.45. The van der Waals surface area contributed by atoms with E-state index in [1.54, 1.807) is 6.08 Å². The minimum Gasteiger partial charge on any atom is -0.387 e. The van der Waals surface area contributed by atoms with Crippen LogP contribution in [0.5, 0.6) is 0 Å². The molecule has 3 N–H and O–H groups in total. The smallest absolute Gasteiger partial charge is 0.387 e. The number of unbranched alkanes of at least 4 members (excludes halogenated alkanes) is 17. The second-order valence-corrected chi connectivity index (χ2v) is 20.7. The number of hydrogen-bond acceptors (Lipinski definition) is 5. The minimum atomic E-state index is -4.36. The van der Waals surface area contributed by atoms with Crippen molar-refractivity contribution in [1.82, 2.24) is 5.32 Å². The largest absolute Gasteiger partial charge is 0.472 e. The summed E-state index contributed by atoms with van der Waals surface area (Å²) in [6.45, 7) is 4.64. The van der Waals surface area contributed by atoms with Crippen molar-refractivity contribution >= 4 is 13.7 Å². The number of rotatable bonds is 48. The zero-order chi connectivity index (χ0) is 50.6. The highest BCUT2D eigenvalue weighted by Crippen LogP contribution is 2.43. The van der Waals surface area contributed by atoms with Crippen molar-refractivity contribution in [3.8, 4) is 0 Å². The van der Waals surface area contributed by atoms with Crippen molar-refractivity contribution in [2.75, 3.05) is 40.9 Å². The van der Waals surface area contributed by atoms with Gasteiger partial charge < -0.3 is 19.8 Å². The molecule has 394 valence electrons. The maximum Gasteiger partial charge on any atom is 0.472 e. The molecular formula is C60H104N2O6P+. The first-order valence-corrected chi connectivity index (χ1v) is 28.9. The Morgan fingerprint density at radius 3 is 1.33 bits per heavy atom.